The molecule has 0 aliphatic carbocycles. The maximum atomic E-state index is 12.9. The molecule has 7 heteroatoms. The van der Waals surface area contributed by atoms with Crippen molar-refractivity contribution < 1.29 is 14.6 Å². The van der Waals surface area contributed by atoms with Crippen molar-refractivity contribution in [2.45, 2.75) is 26.2 Å². The van der Waals surface area contributed by atoms with Crippen LogP contribution in [0, 0.1) is 26.1 Å². The van der Waals surface area contributed by atoms with Gasteiger partial charge in [-0.25, -0.2) is 0 Å². The van der Waals surface area contributed by atoms with Crippen molar-refractivity contribution in [2.75, 3.05) is 0 Å². The third-order valence-corrected chi connectivity index (χ3v) is 4.31. The topological polar surface area (TPSA) is 103 Å². The number of rotatable bonds is 7. The first-order valence-corrected chi connectivity index (χ1v) is 7.88. The van der Waals surface area contributed by atoms with Crippen LogP contribution in [0.15, 0.2) is 48.5 Å². The number of hydrogen-bond donors (Lipinski definition) is 0. The van der Waals surface area contributed by atoms with Crippen LogP contribution >= 0.6 is 0 Å². The molecule has 0 N–H and O–H groups in total. The van der Waals surface area contributed by atoms with Crippen LogP contribution in [0.25, 0.3) is 0 Å². The number of hydrogen-bond acceptors (Lipinski definition) is 5. The van der Waals surface area contributed by atoms with E-state index in [1.807, 2.05) is 44.2 Å². The van der Waals surface area contributed by atoms with Gasteiger partial charge in [0, 0.05) is 23.6 Å². The molecule has 0 saturated carbocycles. The third kappa shape index (κ3) is 4.06. The number of carbonyl (C=O) groups excluding carboxylic acids is 1. The molecular formula is C18H18N2O5. The van der Waals surface area contributed by atoms with Gasteiger partial charge in [0.15, 0.2) is 5.78 Å². The van der Waals surface area contributed by atoms with Crippen molar-refractivity contribution in [3.8, 4) is 0 Å². The standard InChI is InChI=1S/C18H18N2O5/c1-3-17(12(2)13-7-5-4-6-8-13)18(21)14-9-15(19(22)23)11-16(10-14)20(24)25/h4-12,17H,3H2,1-2H3. The van der Waals surface area contributed by atoms with E-state index in [-0.39, 0.29) is 17.3 Å². The molecule has 0 aliphatic rings. The highest BCUT2D eigenvalue weighted by atomic mass is 16.6. The van der Waals surface area contributed by atoms with Gasteiger partial charge >= 0.3 is 0 Å². The van der Waals surface area contributed by atoms with Crippen molar-refractivity contribution in [3.63, 3.8) is 0 Å². The predicted octanol–water partition coefficient (Wildman–Crippen LogP) is 4.52. The number of nitrogens with zero attached hydrogens (tertiary/aromatic N) is 2. The molecule has 0 heterocycles. The molecule has 2 atom stereocenters. The summed E-state index contributed by atoms with van der Waals surface area (Å²) in [7, 11) is 0. The van der Waals surface area contributed by atoms with Gasteiger partial charge in [-0.2, -0.15) is 0 Å². The summed E-state index contributed by atoms with van der Waals surface area (Å²) in [5.41, 5.74) is 0.0534. The van der Waals surface area contributed by atoms with E-state index in [0.29, 0.717) is 6.42 Å². The first kappa shape index (κ1) is 18.3. The smallest absolute Gasteiger partial charge is 0.277 e. The minimum atomic E-state index is -0.731. The molecule has 0 aromatic heterocycles. The second-order valence-corrected chi connectivity index (χ2v) is 5.83. The highest BCUT2D eigenvalue weighted by Gasteiger charge is 2.28. The largest absolute Gasteiger partial charge is 0.294 e. The highest BCUT2D eigenvalue weighted by Crippen LogP contribution is 2.32. The van der Waals surface area contributed by atoms with Crippen molar-refractivity contribution in [1.82, 2.24) is 0 Å². The number of nitro groups is 2. The Hall–Kier alpha value is -3.09. The number of ketones is 1. The molecule has 2 aromatic rings. The van der Waals surface area contributed by atoms with Crippen molar-refractivity contribution in [2.24, 2.45) is 5.92 Å². The fraction of sp³-hybridized carbons (Fsp3) is 0.278. The first-order chi connectivity index (χ1) is 11.8. The van der Waals surface area contributed by atoms with E-state index in [1.165, 1.54) is 0 Å². The van der Waals surface area contributed by atoms with Crippen LogP contribution in [0.1, 0.15) is 42.1 Å². The number of non-ortho nitro benzene ring substituents is 2. The van der Waals surface area contributed by atoms with Gasteiger partial charge in [-0.15, -0.1) is 0 Å². The van der Waals surface area contributed by atoms with Crippen LogP contribution in [0.4, 0.5) is 11.4 Å². The van der Waals surface area contributed by atoms with Gasteiger partial charge in [0.25, 0.3) is 11.4 Å². The van der Waals surface area contributed by atoms with Crippen LogP contribution in [0.2, 0.25) is 0 Å². The summed E-state index contributed by atoms with van der Waals surface area (Å²) in [6.07, 6.45) is 0.519. The molecule has 0 aliphatic heterocycles. The zero-order valence-electron chi connectivity index (χ0n) is 13.9. The zero-order valence-corrected chi connectivity index (χ0v) is 13.9. The SMILES string of the molecule is CCC(C(=O)c1cc([N+](=O)[O-])cc([N+](=O)[O-])c1)C(C)c1ccccc1. The Bertz CT molecular complexity index is 772. The summed E-state index contributed by atoms with van der Waals surface area (Å²) < 4.78 is 0. The van der Waals surface area contributed by atoms with Gasteiger partial charge in [0.05, 0.1) is 15.9 Å². The summed E-state index contributed by atoms with van der Waals surface area (Å²) in [4.78, 5) is 33.5. The molecular weight excluding hydrogens is 324 g/mol. The normalized spacial score (nSPS) is 13.0. The number of carbonyl (C=O) groups is 1. The summed E-state index contributed by atoms with van der Waals surface area (Å²) in [6.45, 7) is 3.76. The first-order valence-electron chi connectivity index (χ1n) is 7.88. The third-order valence-electron chi connectivity index (χ3n) is 4.31. The van der Waals surface area contributed by atoms with E-state index < -0.39 is 27.1 Å². The Labute approximate surface area is 144 Å². The van der Waals surface area contributed by atoms with Gasteiger partial charge in [0.2, 0.25) is 0 Å². The number of benzene rings is 2. The van der Waals surface area contributed by atoms with Gasteiger partial charge in [-0.1, -0.05) is 44.2 Å². The molecule has 0 spiro atoms. The molecule has 0 amide bonds. The average Bonchev–Trinajstić information content (AvgIpc) is 2.62. The molecule has 25 heavy (non-hydrogen) atoms. The maximum Gasteiger partial charge on any atom is 0.277 e. The maximum absolute atomic E-state index is 12.9. The molecule has 2 aromatic carbocycles. The fourth-order valence-corrected chi connectivity index (χ4v) is 2.92. The summed E-state index contributed by atoms with van der Waals surface area (Å²) in [6, 6.07) is 12.5. The predicted molar refractivity (Wildman–Crippen MR) is 92.7 cm³/mol. The monoisotopic (exact) mass is 342 g/mol. The average molecular weight is 342 g/mol. The minimum absolute atomic E-state index is 0.00414. The summed E-state index contributed by atoms with van der Waals surface area (Å²) in [5, 5.41) is 22.0. The molecule has 0 saturated heterocycles. The molecule has 0 fully saturated rings. The Balaban J connectivity index is 2.43. The van der Waals surface area contributed by atoms with Crippen molar-refractivity contribution >= 4 is 17.2 Å². The minimum Gasteiger partial charge on any atom is -0.294 e. The van der Waals surface area contributed by atoms with E-state index in [2.05, 4.69) is 0 Å². The Morgan fingerprint density at radius 3 is 1.96 bits per heavy atom. The number of nitro benzene ring substituents is 2. The van der Waals surface area contributed by atoms with Gasteiger partial charge in [0.1, 0.15) is 0 Å². The molecule has 2 rings (SSSR count). The second kappa shape index (κ2) is 7.65. The molecule has 130 valence electrons. The van der Waals surface area contributed by atoms with Crippen LogP contribution < -0.4 is 0 Å². The van der Waals surface area contributed by atoms with Crippen LogP contribution in [0.5, 0.6) is 0 Å². The lowest BCUT2D eigenvalue weighted by Gasteiger charge is -2.22. The van der Waals surface area contributed by atoms with E-state index in [4.69, 9.17) is 0 Å². The highest BCUT2D eigenvalue weighted by molar-refractivity contribution is 5.99. The molecule has 0 radical (unpaired) electrons. The van der Waals surface area contributed by atoms with Crippen LogP contribution in [-0.4, -0.2) is 15.6 Å². The van der Waals surface area contributed by atoms with Gasteiger partial charge in [-0.05, 0) is 17.9 Å². The number of Topliss-reactive ketones (excluding diaryl/α,β-unsaturated/α-hetero) is 1. The summed E-state index contributed by atoms with van der Waals surface area (Å²) in [5.74, 6) is -0.869. The second-order valence-electron chi connectivity index (χ2n) is 5.83. The summed E-state index contributed by atoms with van der Waals surface area (Å²) >= 11 is 0. The molecule has 2 unspecified atom stereocenters. The Morgan fingerprint density at radius 1 is 1.00 bits per heavy atom. The lowest BCUT2D eigenvalue weighted by Crippen LogP contribution is -2.20. The van der Waals surface area contributed by atoms with E-state index in [0.717, 1.165) is 23.8 Å². The fourth-order valence-electron chi connectivity index (χ4n) is 2.92. The lowest BCUT2D eigenvalue weighted by atomic mass is 9.81. The van der Waals surface area contributed by atoms with E-state index in [1.54, 1.807) is 0 Å². The molecule has 0 bridgehead atoms. The van der Waals surface area contributed by atoms with Crippen molar-refractivity contribution in [3.05, 3.63) is 79.9 Å². The van der Waals surface area contributed by atoms with E-state index >= 15 is 0 Å². The van der Waals surface area contributed by atoms with Crippen LogP contribution in [0.3, 0.4) is 0 Å². The quantitative estimate of drug-likeness (QED) is 0.418. The lowest BCUT2D eigenvalue weighted by molar-refractivity contribution is -0.394. The van der Waals surface area contributed by atoms with Crippen LogP contribution in [-0.2, 0) is 0 Å². The van der Waals surface area contributed by atoms with Gasteiger partial charge < -0.3 is 0 Å². The molecule has 7 nitrogen and oxygen atoms in total. The Morgan fingerprint density at radius 2 is 1.52 bits per heavy atom. The van der Waals surface area contributed by atoms with Crippen molar-refractivity contribution in [1.29, 1.82) is 0 Å². The Kier molecular flexibility index (Phi) is 5.59. The van der Waals surface area contributed by atoms with Gasteiger partial charge in [-0.3, -0.25) is 25.0 Å². The van der Waals surface area contributed by atoms with E-state index in [9.17, 15) is 25.0 Å². The zero-order chi connectivity index (χ0) is 18.6.